The van der Waals surface area contributed by atoms with Crippen molar-refractivity contribution in [3.05, 3.63) is 29.8 Å². The van der Waals surface area contributed by atoms with E-state index in [2.05, 4.69) is 5.32 Å². The summed E-state index contributed by atoms with van der Waals surface area (Å²) in [4.78, 5) is 25.4. The van der Waals surface area contributed by atoms with Crippen molar-refractivity contribution in [3.63, 3.8) is 0 Å². The fourth-order valence-corrected chi connectivity index (χ4v) is 2.06. The summed E-state index contributed by atoms with van der Waals surface area (Å²) in [5, 5.41) is 2.71. The minimum Gasteiger partial charge on any atom is -0.345 e. The monoisotopic (exact) mass is 246 g/mol. The third-order valence-corrected chi connectivity index (χ3v) is 3.32. The Morgan fingerprint density at radius 1 is 1.39 bits per heavy atom. The van der Waals surface area contributed by atoms with Gasteiger partial charge in [0.2, 0.25) is 0 Å². The van der Waals surface area contributed by atoms with Gasteiger partial charge in [0.15, 0.2) is 0 Å². The zero-order chi connectivity index (χ0) is 13.1. The van der Waals surface area contributed by atoms with E-state index in [4.69, 9.17) is 0 Å². The maximum atomic E-state index is 12.1. The molecule has 96 valence electrons. The summed E-state index contributed by atoms with van der Waals surface area (Å²) in [6.07, 6.45) is 1.63. The molecule has 0 saturated heterocycles. The fraction of sp³-hybridized carbons (Fsp3) is 0.429. The highest BCUT2D eigenvalue weighted by Gasteiger charge is 2.29. The summed E-state index contributed by atoms with van der Waals surface area (Å²) in [6, 6.07) is 7.74. The van der Waals surface area contributed by atoms with Crippen molar-refractivity contribution in [2.24, 2.45) is 0 Å². The van der Waals surface area contributed by atoms with Gasteiger partial charge >= 0.3 is 11.8 Å². The van der Waals surface area contributed by atoms with Crippen LogP contribution >= 0.6 is 0 Å². The minimum absolute atomic E-state index is 0.0271. The second-order valence-corrected chi connectivity index (χ2v) is 4.62. The predicted octanol–water partition coefficient (Wildman–Crippen LogP) is 1.49. The number of anilines is 1. The van der Waals surface area contributed by atoms with Crippen LogP contribution in [0.15, 0.2) is 24.3 Å². The third kappa shape index (κ3) is 2.37. The molecule has 0 saturated carbocycles. The van der Waals surface area contributed by atoms with Crippen LogP contribution < -0.4 is 10.2 Å². The van der Waals surface area contributed by atoms with Crippen molar-refractivity contribution in [2.45, 2.75) is 32.7 Å². The molecule has 1 aromatic rings. The number of hydrogen-bond acceptors (Lipinski definition) is 2. The molecule has 2 amide bonds. The normalized spacial score (nSPS) is 15.1. The molecule has 1 heterocycles. The molecule has 4 heteroatoms. The average molecular weight is 246 g/mol. The number of benzene rings is 1. The topological polar surface area (TPSA) is 49.4 Å². The van der Waals surface area contributed by atoms with E-state index in [9.17, 15) is 9.59 Å². The summed E-state index contributed by atoms with van der Waals surface area (Å²) in [6.45, 7) is 4.45. The van der Waals surface area contributed by atoms with Crippen molar-refractivity contribution in [2.75, 3.05) is 11.4 Å². The number of hydrogen-bond donors (Lipinski definition) is 1. The second kappa shape index (κ2) is 5.21. The zero-order valence-electron chi connectivity index (χ0n) is 10.8. The highest BCUT2D eigenvalue weighted by molar-refractivity contribution is 6.40. The van der Waals surface area contributed by atoms with Crippen LogP contribution in [0.5, 0.6) is 0 Å². The quantitative estimate of drug-likeness (QED) is 0.804. The average Bonchev–Trinajstić information content (AvgIpc) is 2.81. The minimum atomic E-state index is -0.513. The van der Waals surface area contributed by atoms with E-state index in [1.807, 2.05) is 38.1 Å². The molecule has 1 aromatic carbocycles. The maximum Gasteiger partial charge on any atom is 0.316 e. The van der Waals surface area contributed by atoms with E-state index in [1.165, 1.54) is 0 Å². The first-order valence-electron chi connectivity index (χ1n) is 6.33. The van der Waals surface area contributed by atoms with Crippen molar-refractivity contribution in [3.8, 4) is 0 Å². The lowest BCUT2D eigenvalue weighted by molar-refractivity contribution is -0.137. The molecule has 18 heavy (non-hydrogen) atoms. The number of fused-ring (bicyclic) bond motifs is 1. The van der Waals surface area contributed by atoms with E-state index in [0.29, 0.717) is 6.54 Å². The van der Waals surface area contributed by atoms with Gasteiger partial charge in [-0.1, -0.05) is 25.1 Å². The van der Waals surface area contributed by atoms with Crippen LogP contribution in [0.4, 0.5) is 5.69 Å². The number of para-hydroxylation sites is 1. The van der Waals surface area contributed by atoms with Crippen LogP contribution in [-0.2, 0) is 16.0 Å². The van der Waals surface area contributed by atoms with Crippen LogP contribution in [0.25, 0.3) is 0 Å². The smallest absolute Gasteiger partial charge is 0.316 e. The van der Waals surface area contributed by atoms with Gasteiger partial charge in [0.1, 0.15) is 0 Å². The number of rotatable bonds is 2. The largest absolute Gasteiger partial charge is 0.345 e. The lowest BCUT2D eigenvalue weighted by Crippen LogP contribution is -2.45. The Morgan fingerprint density at radius 2 is 2.11 bits per heavy atom. The molecule has 1 atom stereocenters. The Labute approximate surface area is 107 Å². The molecule has 0 aromatic heterocycles. The lowest BCUT2D eigenvalue weighted by Gasteiger charge is -2.18. The van der Waals surface area contributed by atoms with Gasteiger partial charge in [-0.25, -0.2) is 0 Å². The Morgan fingerprint density at radius 3 is 2.83 bits per heavy atom. The van der Waals surface area contributed by atoms with Crippen molar-refractivity contribution in [1.82, 2.24) is 5.32 Å². The molecule has 0 radical (unpaired) electrons. The Kier molecular flexibility index (Phi) is 3.65. The van der Waals surface area contributed by atoms with Crippen molar-refractivity contribution < 1.29 is 9.59 Å². The summed E-state index contributed by atoms with van der Waals surface area (Å²) in [7, 11) is 0. The molecule has 1 N–H and O–H groups in total. The van der Waals surface area contributed by atoms with Crippen LogP contribution in [-0.4, -0.2) is 24.4 Å². The Bertz CT molecular complexity index is 471. The van der Waals surface area contributed by atoms with Gasteiger partial charge < -0.3 is 10.2 Å². The molecule has 1 aliphatic heterocycles. The molecule has 4 nitrogen and oxygen atoms in total. The first-order chi connectivity index (χ1) is 8.63. The van der Waals surface area contributed by atoms with Crippen LogP contribution in [0.3, 0.4) is 0 Å². The molecule has 1 aliphatic rings. The first kappa shape index (κ1) is 12.6. The van der Waals surface area contributed by atoms with E-state index < -0.39 is 11.8 Å². The second-order valence-electron chi connectivity index (χ2n) is 4.62. The maximum absolute atomic E-state index is 12.1. The van der Waals surface area contributed by atoms with Gasteiger partial charge in [-0.05, 0) is 31.4 Å². The van der Waals surface area contributed by atoms with Gasteiger partial charge in [0, 0.05) is 18.3 Å². The predicted molar refractivity (Wildman–Crippen MR) is 70.4 cm³/mol. The third-order valence-electron chi connectivity index (χ3n) is 3.32. The molecule has 1 unspecified atom stereocenters. The van der Waals surface area contributed by atoms with Crippen LogP contribution in [0, 0.1) is 0 Å². The van der Waals surface area contributed by atoms with Gasteiger partial charge in [0.05, 0.1) is 0 Å². The molecular weight excluding hydrogens is 228 g/mol. The molecule has 0 spiro atoms. The van der Waals surface area contributed by atoms with Gasteiger partial charge in [-0.3, -0.25) is 9.59 Å². The zero-order valence-corrected chi connectivity index (χ0v) is 10.8. The van der Waals surface area contributed by atoms with Crippen molar-refractivity contribution >= 4 is 17.5 Å². The fourth-order valence-electron chi connectivity index (χ4n) is 2.06. The van der Waals surface area contributed by atoms with E-state index in [-0.39, 0.29) is 6.04 Å². The summed E-state index contributed by atoms with van der Waals surface area (Å²) in [5.74, 6) is -0.971. The summed E-state index contributed by atoms with van der Waals surface area (Å²) < 4.78 is 0. The van der Waals surface area contributed by atoms with Gasteiger partial charge in [-0.15, -0.1) is 0 Å². The molecule has 0 bridgehead atoms. The number of nitrogens with one attached hydrogen (secondary N) is 1. The number of carbonyl (C=O) groups excluding carboxylic acids is 2. The molecule has 0 aliphatic carbocycles. The van der Waals surface area contributed by atoms with E-state index in [1.54, 1.807) is 4.90 Å². The first-order valence-corrected chi connectivity index (χ1v) is 6.33. The standard InChI is InChI=1S/C14H18N2O2/c1-3-10(2)15-13(17)14(18)16-9-8-11-6-4-5-7-12(11)16/h4-7,10H,3,8-9H2,1-2H3,(H,15,17). The summed E-state index contributed by atoms with van der Waals surface area (Å²) >= 11 is 0. The van der Waals surface area contributed by atoms with Crippen LogP contribution in [0.2, 0.25) is 0 Å². The SMILES string of the molecule is CCC(C)NC(=O)C(=O)N1CCc2ccccc21. The summed E-state index contributed by atoms with van der Waals surface area (Å²) in [5.41, 5.74) is 1.99. The number of nitrogens with zero attached hydrogens (tertiary/aromatic N) is 1. The van der Waals surface area contributed by atoms with Gasteiger partial charge in [-0.2, -0.15) is 0 Å². The highest BCUT2D eigenvalue weighted by atomic mass is 16.2. The Balaban J connectivity index is 2.10. The molecule has 0 fully saturated rings. The number of carbonyl (C=O) groups is 2. The van der Waals surface area contributed by atoms with Crippen LogP contribution in [0.1, 0.15) is 25.8 Å². The van der Waals surface area contributed by atoms with Crippen molar-refractivity contribution in [1.29, 1.82) is 0 Å². The van der Waals surface area contributed by atoms with E-state index >= 15 is 0 Å². The molecular formula is C14H18N2O2. The Hall–Kier alpha value is -1.84. The van der Waals surface area contributed by atoms with Gasteiger partial charge in [0.25, 0.3) is 0 Å². The number of amides is 2. The molecule has 2 rings (SSSR count). The lowest BCUT2D eigenvalue weighted by atomic mass is 10.2. The van der Waals surface area contributed by atoms with E-state index in [0.717, 1.165) is 24.1 Å². The highest BCUT2D eigenvalue weighted by Crippen LogP contribution is 2.27.